The number of nitrogens with zero attached hydrogens (tertiary/aromatic N) is 3. The first-order chi connectivity index (χ1) is 18.0. The zero-order valence-corrected chi connectivity index (χ0v) is 23.4. The molecule has 0 saturated carbocycles. The number of ether oxygens (including phenoxy) is 4. The number of nitrogens with one attached hydrogen (secondary N) is 2. The molecule has 2 amide bonds. The number of hydrogen-bond acceptors (Lipinski definition) is 10. The molecular weight excluding hydrogens is 510 g/mol. The van der Waals surface area contributed by atoms with Gasteiger partial charge in [0.25, 0.3) is 11.1 Å². The molecule has 3 aromatic rings. The second-order valence-electron chi connectivity index (χ2n) is 9.24. The highest BCUT2D eigenvalue weighted by molar-refractivity contribution is 7.11. The maximum absolute atomic E-state index is 13.0. The van der Waals surface area contributed by atoms with Crippen LogP contribution in [0.4, 0.5) is 5.69 Å². The minimum absolute atomic E-state index is 0.0281. The number of carbonyl (C=O) groups is 2. The molecule has 1 aromatic carbocycles. The Kier molecular flexibility index (Phi) is 9.45. The van der Waals surface area contributed by atoms with Crippen molar-refractivity contribution in [3.05, 3.63) is 40.4 Å². The van der Waals surface area contributed by atoms with Gasteiger partial charge in [0.15, 0.2) is 5.69 Å². The quantitative estimate of drug-likeness (QED) is 0.335. The molecule has 0 fully saturated rings. The highest BCUT2D eigenvalue weighted by atomic mass is 32.1. The van der Waals surface area contributed by atoms with E-state index in [2.05, 4.69) is 52.4 Å². The molecule has 38 heavy (non-hydrogen) atoms. The van der Waals surface area contributed by atoms with E-state index in [9.17, 15) is 9.59 Å². The summed E-state index contributed by atoms with van der Waals surface area (Å²) >= 11 is 1.20. The van der Waals surface area contributed by atoms with E-state index in [1.54, 1.807) is 12.3 Å². The molecule has 0 atom stereocenters. The van der Waals surface area contributed by atoms with Crippen LogP contribution >= 0.6 is 11.3 Å². The highest BCUT2D eigenvalue weighted by Gasteiger charge is 2.22. The lowest BCUT2D eigenvalue weighted by molar-refractivity contribution is -0.120. The van der Waals surface area contributed by atoms with E-state index in [1.165, 1.54) is 25.6 Å². The second-order valence-corrected chi connectivity index (χ2v) is 10.1. The number of rotatable bonds is 11. The lowest BCUT2D eigenvalue weighted by atomic mass is 9.86. The molecule has 0 spiro atoms. The molecule has 12 heteroatoms. The predicted octanol–water partition coefficient (Wildman–Crippen LogP) is 4.51. The minimum atomic E-state index is -0.521. The van der Waals surface area contributed by atoms with Crippen molar-refractivity contribution in [3.8, 4) is 28.7 Å². The van der Waals surface area contributed by atoms with E-state index in [4.69, 9.17) is 18.9 Å². The summed E-state index contributed by atoms with van der Waals surface area (Å²) in [7, 11) is 2.79. The Bertz CT molecular complexity index is 1260. The summed E-state index contributed by atoms with van der Waals surface area (Å²) in [5.74, 6) is 0.151. The lowest BCUT2D eigenvalue weighted by Gasteiger charge is -2.20. The van der Waals surface area contributed by atoms with E-state index < -0.39 is 5.91 Å². The molecule has 11 nitrogen and oxygen atoms in total. The summed E-state index contributed by atoms with van der Waals surface area (Å²) in [6.45, 7) is 10.5. The first kappa shape index (κ1) is 28.6. The summed E-state index contributed by atoms with van der Waals surface area (Å²) in [5, 5.41) is 7.31. The van der Waals surface area contributed by atoms with Crippen molar-refractivity contribution in [2.75, 3.05) is 32.7 Å². The Morgan fingerprint density at radius 2 is 1.74 bits per heavy atom. The van der Waals surface area contributed by atoms with E-state index in [1.807, 2.05) is 19.1 Å². The summed E-state index contributed by atoms with van der Waals surface area (Å²) < 4.78 is 22.2. The number of thiazole rings is 1. The van der Waals surface area contributed by atoms with Crippen LogP contribution in [-0.4, -0.2) is 54.1 Å². The molecule has 0 aliphatic heterocycles. The molecule has 2 heterocycles. The van der Waals surface area contributed by atoms with Crippen molar-refractivity contribution in [1.82, 2.24) is 20.3 Å². The average molecular weight is 544 g/mol. The van der Waals surface area contributed by atoms with Gasteiger partial charge in [0.1, 0.15) is 18.1 Å². The van der Waals surface area contributed by atoms with Gasteiger partial charge in [0.05, 0.1) is 20.8 Å². The standard InChI is InChI=1S/C26H33N5O6S/c1-8-19(32)27-11-12-36-24-30-22(34-6)20(23(31-24)35-7)29-21(33)17-14-38-25(28-17)37-18-13-16(26(3,4)5)10-9-15(18)2/h9-10,13-14H,8,11-12H2,1-7H3,(H,27,32)(H,29,33). The molecule has 0 aliphatic carbocycles. The zero-order valence-electron chi connectivity index (χ0n) is 22.6. The van der Waals surface area contributed by atoms with Crippen molar-refractivity contribution < 1.29 is 28.5 Å². The zero-order chi connectivity index (χ0) is 27.9. The van der Waals surface area contributed by atoms with E-state index >= 15 is 0 Å². The van der Waals surface area contributed by atoms with Gasteiger partial charge in [-0.2, -0.15) is 15.0 Å². The Balaban J connectivity index is 1.73. The molecular formula is C26H33N5O6S. The Morgan fingerprint density at radius 1 is 1.05 bits per heavy atom. The molecule has 0 radical (unpaired) electrons. The van der Waals surface area contributed by atoms with Gasteiger partial charge in [-0.3, -0.25) is 9.59 Å². The third kappa shape index (κ3) is 7.31. The fourth-order valence-corrected chi connectivity index (χ4v) is 3.84. The molecule has 0 unspecified atom stereocenters. The van der Waals surface area contributed by atoms with Gasteiger partial charge in [-0.1, -0.05) is 51.2 Å². The van der Waals surface area contributed by atoms with Crippen LogP contribution in [0.3, 0.4) is 0 Å². The number of hydrogen-bond donors (Lipinski definition) is 2. The maximum atomic E-state index is 13.0. The normalized spacial score (nSPS) is 11.0. The highest BCUT2D eigenvalue weighted by Crippen LogP contribution is 2.35. The SMILES string of the molecule is CCC(=O)NCCOc1nc(OC)c(NC(=O)c2csc(Oc3cc(C(C)(C)C)ccc3C)n2)c(OC)n1. The summed E-state index contributed by atoms with van der Waals surface area (Å²) in [6.07, 6.45) is 0.378. The van der Waals surface area contributed by atoms with Crippen molar-refractivity contribution in [2.45, 2.75) is 46.5 Å². The first-order valence-corrected chi connectivity index (χ1v) is 12.9. The van der Waals surface area contributed by atoms with Gasteiger partial charge in [-0.15, -0.1) is 0 Å². The molecule has 204 valence electrons. The van der Waals surface area contributed by atoms with E-state index in [0.717, 1.165) is 11.1 Å². The van der Waals surface area contributed by atoms with E-state index in [-0.39, 0.29) is 53.6 Å². The number of carbonyl (C=O) groups excluding carboxylic acids is 2. The monoisotopic (exact) mass is 543 g/mol. The van der Waals surface area contributed by atoms with Crippen LogP contribution in [0.2, 0.25) is 0 Å². The fraction of sp³-hybridized carbons (Fsp3) is 0.423. The third-order valence-electron chi connectivity index (χ3n) is 5.39. The number of amides is 2. The van der Waals surface area contributed by atoms with Crippen LogP contribution in [-0.2, 0) is 10.2 Å². The fourth-order valence-electron chi connectivity index (χ4n) is 3.18. The Hall–Kier alpha value is -3.93. The maximum Gasteiger partial charge on any atom is 0.323 e. The van der Waals surface area contributed by atoms with Gasteiger partial charge >= 0.3 is 6.01 Å². The number of anilines is 1. The third-order valence-corrected chi connectivity index (χ3v) is 6.11. The Labute approximate surface area is 225 Å². The summed E-state index contributed by atoms with van der Waals surface area (Å²) in [4.78, 5) is 37.0. The number of aryl methyl sites for hydroxylation is 1. The van der Waals surface area contributed by atoms with Crippen LogP contribution < -0.4 is 29.6 Å². The topological polar surface area (TPSA) is 134 Å². The van der Waals surface area contributed by atoms with Crippen molar-refractivity contribution in [1.29, 1.82) is 0 Å². The lowest BCUT2D eigenvalue weighted by Crippen LogP contribution is -2.27. The number of benzene rings is 1. The molecule has 2 N–H and O–H groups in total. The summed E-state index contributed by atoms with van der Waals surface area (Å²) in [5.41, 5.74) is 2.32. The Morgan fingerprint density at radius 3 is 2.34 bits per heavy atom. The molecule has 2 aromatic heterocycles. The van der Waals surface area contributed by atoms with Crippen LogP contribution in [0.25, 0.3) is 0 Å². The molecule has 3 rings (SSSR count). The van der Waals surface area contributed by atoms with E-state index in [0.29, 0.717) is 17.4 Å². The number of methoxy groups -OCH3 is 2. The molecule has 0 saturated heterocycles. The molecule has 0 bridgehead atoms. The second kappa shape index (κ2) is 12.5. The van der Waals surface area contributed by atoms with Crippen LogP contribution in [0, 0.1) is 6.92 Å². The van der Waals surface area contributed by atoms with Gasteiger partial charge in [-0.05, 0) is 29.5 Å². The van der Waals surface area contributed by atoms with Crippen molar-refractivity contribution in [2.24, 2.45) is 0 Å². The smallest absolute Gasteiger partial charge is 0.323 e. The van der Waals surface area contributed by atoms with Gasteiger partial charge < -0.3 is 29.6 Å². The van der Waals surface area contributed by atoms with Gasteiger partial charge in [-0.25, -0.2) is 0 Å². The van der Waals surface area contributed by atoms with Crippen LogP contribution in [0.1, 0.15) is 55.7 Å². The largest absolute Gasteiger partial charge is 0.479 e. The van der Waals surface area contributed by atoms with Gasteiger partial charge in [0, 0.05) is 11.8 Å². The van der Waals surface area contributed by atoms with Crippen LogP contribution in [0.5, 0.6) is 28.7 Å². The van der Waals surface area contributed by atoms with Crippen molar-refractivity contribution >= 4 is 28.8 Å². The van der Waals surface area contributed by atoms with Gasteiger partial charge in [0.2, 0.25) is 17.7 Å². The molecule has 0 aliphatic rings. The first-order valence-electron chi connectivity index (χ1n) is 12.0. The average Bonchev–Trinajstić information content (AvgIpc) is 3.36. The van der Waals surface area contributed by atoms with Crippen LogP contribution in [0.15, 0.2) is 23.6 Å². The predicted molar refractivity (Wildman–Crippen MR) is 144 cm³/mol. The summed E-state index contributed by atoms with van der Waals surface area (Å²) in [6, 6.07) is 6.04. The number of aromatic nitrogens is 3. The van der Waals surface area contributed by atoms with Crippen molar-refractivity contribution in [3.63, 3.8) is 0 Å². The minimum Gasteiger partial charge on any atom is -0.479 e.